The van der Waals surface area contributed by atoms with Gasteiger partial charge >= 0.3 is 0 Å². The van der Waals surface area contributed by atoms with Crippen LogP contribution in [0.4, 0.5) is 0 Å². The summed E-state index contributed by atoms with van der Waals surface area (Å²) in [5.74, 6) is 1.12. The number of aliphatic imine (C=N–C) groups is 1. The summed E-state index contributed by atoms with van der Waals surface area (Å²) in [5, 5.41) is 0. The van der Waals surface area contributed by atoms with Crippen LogP contribution in [-0.2, 0) is 4.79 Å². The fraction of sp³-hybridized carbons (Fsp3) is 0.833. The van der Waals surface area contributed by atoms with Crippen molar-refractivity contribution in [2.24, 2.45) is 10.4 Å². The quantitative estimate of drug-likeness (QED) is 0.604. The molecule has 1 aliphatic rings. The monoisotopic (exact) mass is 210 g/mol. The van der Waals surface area contributed by atoms with Crippen LogP contribution in [0.15, 0.2) is 4.99 Å². The molecule has 0 fully saturated rings. The molecule has 0 N–H and O–H groups in total. The smallest absolute Gasteiger partial charge is 0.230 e. The van der Waals surface area contributed by atoms with E-state index in [0.717, 1.165) is 5.84 Å². The number of amidine groups is 1. The maximum Gasteiger partial charge on any atom is 0.230 e. The standard InChI is InChI=1S/C12H22N2O/c1-11(2,3)10-13-8-7-9(15)14(10)12(4,5)6/h7-8H2,1-6H3. The maximum absolute atomic E-state index is 11.9. The first kappa shape index (κ1) is 12.2. The number of amides is 1. The van der Waals surface area contributed by atoms with Crippen molar-refractivity contribution in [1.29, 1.82) is 0 Å². The van der Waals surface area contributed by atoms with Gasteiger partial charge in [-0.05, 0) is 20.8 Å². The molecule has 0 aromatic carbocycles. The SMILES string of the molecule is CC(C)(C)C1=NCCC(=O)N1C(C)(C)C. The Balaban J connectivity index is 3.13. The molecule has 1 heterocycles. The largest absolute Gasteiger partial charge is 0.295 e. The number of rotatable bonds is 0. The molecule has 3 nitrogen and oxygen atoms in total. The van der Waals surface area contributed by atoms with Gasteiger partial charge < -0.3 is 0 Å². The topological polar surface area (TPSA) is 32.7 Å². The van der Waals surface area contributed by atoms with E-state index in [-0.39, 0.29) is 16.9 Å². The van der Waals surface area contributed by atoms with E-state index in [4.69, 9.17) is 0 Å². The van der Waals surface area contributed by atoms with Gasteiger partial charge in [-0.15, -0.1) is 0 Å². The van der Waals surface area contributed by atoms with E-state index in [1.54, 1.807) is 0 Å². The van der Waals surface area contributed by atoms with Crippen LogP contribution in [0.2, 0.25) is 0 Å². The first-order chi connectivity index (χ1) is 6.64. The Labute approximate surface area is 92.6 Å². The number of hydrogen-bond acceptors (Lipinski definition) is 2. The Bertz CT molecular complexity index is 292. The zero-order valence-electron chi connectivity index (χ0n) is 10.7. The van der Waals surface area contributed by atoms with Crippen molar-refractivity contribution >= 4 is 11.7 Å². The van der Waals surface area contributed by atoms with Crippen LogP contribution in [0.1, 0.15) is 48.0 Å². The normalized spacial score (nSPS) is 19.2. The average molecular weight is 210 g/mol. The van der Waals surface area contributed by atoms with Gasteiger partial charge in [0.15, 0.2) is 0 Å². The van der Waals surface area contributed by atoms with Gasteiger partial charge in [-0.1, -0.05) is 20.8 Å². The lowest BCUT2D eigenvalue weighted by Gasteiger charge is -2.42. The molecule has 0 saturated heterocycles. The first-order valence-corrected chi connectivity index (χ1v) is 5.52. The van der Waals surface area contributed by atoms with Gasteiger partial charge in [-0.3, -0.25) is 14.7 Å². The Morgan fingerprint density at radius 2 is 1.67 bits per heavy atom. The molecule has 1 rings (SSSR count). The number of carbonyl (C=O) groups excluding carboxylic acids is 1. The lowest BCUT2D eigenvalue weighted by atomic mass is 9.89. The van der Waals surface area contributed by atoms with E-state index >= 15 is 0 Å². The molecule has 0 atom stereocenters. The molecule has 1 aliphatic heterocycles. The second-order valence-corrected chi connectivity index (χ2v) is 6.11. The minimum Gasteiger partial charge on any atom is -0.295 e. The minimum atomic E-state index is -0.177. The molecule has 0 aromatic rings. The molecule has 0 aromatic heterocycles. The van der Waals surface area contributed by atoms with Crippen LogP contribution in [0, 0.1) is 5.41 Å². The highest BCUT2D eigenvalue weighted by Crippen LogP contribution is 2.28. The fourth-order valence-corrected chi connectivity index (χ4v) is 1.82. The molecule has 1 amide bonds. The highest BCUT2D eigenvalue weighted by molar-refractivity contribution is 6.03. The van der Waals surface area contributed by atoms with Gasteiger partial charge in [0.2, 0.25) is 5.91 Å². The Kier molecular flexibility index (Phi) is 2.94. The zero-order chi connectivity index (χ0) is 11.9. The van der Waals surface area contributed by atoms with E-state index < -0.39 is 0 Å². The van der Waals surface area contributed by atoms with Gasteiger partial charge in [-0.25, -0.2) is 0 Å². The van der Waals surface area contributed by atoms with E-state index in [1.165, 1.54) is 0 Å². The molecular formula is C12H22N2O. The van der Waals surface area contributed by atoms with Crippen molar-refractivity contribution in [3.8, 4) is 0 Å². The number of hydrogen-bond donors (Lipinski definition) is 0. The third-order valence-corrected chi connectivity index (χ3v) is 2.39. The molecule has 0 spiro atoms. The Morgan fingerprint density at radius 1 is 1.13 bits per heavy atom. The zero-order valence-corrected chi connectivity index (χ0v) is 10.7. The lowest BCUT2D eigenvalue weighted by Crippen LogP contribution is -2.55. The number of carbonyl (C=O) groups is 1. The lowest BCUT2D eigenvalue weighted by molar-refractivity contribution is -0.131. The molecule has 0 unspecified atom stereocenters. The van der Waals surface area contributed by atoms with Crippen LogP contribution in [0.25, 0.3) is 0 Å². The minimum absolute atomic E-state index is 0.0661. The fourth-order valence-electron chi connectivity index (χ4n) is 1.82. The molecule has 86 valence electrons. The van der Waals surface area contributed by atoms with Crippen LogP contribution in [-0.4, -0.2) is 28.7 Å². The summed E-state index contributed by atoms with van der Waals surface area (Å²) in [7, 11) is 0. The van der Waals surface area contributed by atoms with Gasteiger partial charge in [-0.2, -0.15) is 0 Å². The third kappa shape index (κ3) is 2.58. The van der Waals surface area contributed by atoms with Gasteiger partial charge in [0.05, 0.1) is 0 Å². The van der Waals surface area contributed by atoms with Gasteiger partial charge in [0.25, 0.3) is 0 Å². The Hall–Kier alpha value is -0.860. The molecule has 0 radical (unpaired) electrons. The highest BCUT2D eigenvalue weighted by Gasteiger charge is 2.37. The van der Waals surface area contributed by atoms with Crippen molar-refractivity contribution in [3.63, 3.8) is 0 Å². The van der Waals surface area contributed by atoms with Gasteiger partial charge in [0, 0.05) is 23.9 Å². The summed E-state index contributed by atoms with van der Waals surface area (Å²) in [6.45, 7) is 13.1. The molecule has 0 bridgehead atoms. The van der Waals surface area contributed by atoms with Crippen LogP contribution < -0.4 is 0 Å². The molecule has 0 saturated carbocycles. The summed E-state index contributed by atoms with van der Waals surface area (Å²) in [5.41, 5.74) is -0.243. The summed E-state index contributed by atoms with van der Waals surface area (Å²) in [6, 6.07) is 0. The molecule has 3 heteroatoms. The second-order valence-electron chi connectivity index (χ2n) is 6.11. The predicted octanol–water partition coefficient (Wildman–Crippen LogP) is 2.46. The summed E-state index contributed by atoms with van der Waals surface area (Å²) >= 11 is 0. The summed E-state index contributed by atoms with van der Waals surface area (Å²) in [6.07, 6.45) is 0.539. The van der Waals surface area contributed by atoms with Crippen molar-refractivity contribution in [2.75, 3.05) is 6.54 Å². The van der Waals surface area contributed by atoms with Crippen molar-refractivity contribution < 1.29 is 4.79 Å². The van der Waals surface area contributed by atoms with E-state index in [9.17, 15) is 4.79 Å². The molecular weight excluding hydrogens is 188 g/mol. The maximum atomic E-state index is 11.9. The van der Waals surface area contributed by atoms with Crippen LogP contribution in [0.3, 0.4) is 0 Å². The molecule has 0 aliphatic carbocycles. The third-order valence-electron chi connectivity index (χ3n) is 2.39. The summed E-state index contributed by atoms with van der Waals surface area (Å²) in [4.78, 5) is 18.3. The van der Waals surface area contributed by atoms with Crippen LogP contribution in [0.5, 0.6) is 0 Å². The van der Waals surface area contributed by atoms with Gasteiger partial charge in [0.1, 0.15) is 5.84 Å². The van der Waals surface area contributed by atoms with Crippen molar-refractivity contribution in [3.05, 3.63) is 0 Å². The van der Waals surface area contributed by atoms with Crippen molar-refractivity contribution in [1.82, 2.24) is 4.90 Å². The second kappa shape index (κ2) is 3.62. The predicted molar refractivity (Wildman–Crippen MR) is 63.0 cm³/mol. The number of nitrogens with zero attached hydrogens (tertiary/aromatic N) is 2. The van der Waals surface area contributed by atoms with E-state index in [2.05, 4.69) is 46.5 Å². The van der Waals surface area contributed by atoms with Crippen molar-refractivity contribution in [2.45, 2.75) is 53.5 Å². The van der Waals surface area contributed by atoms with E-state index in [0.29, 0.717) is 13.0 Å². The highest BCUT2D eigenvalue weighted by atomic mass is 16.2. The first-order valence-electron chi connectivity index (χ1n) is 5.52. The Morgan fingerprint density at radius 3 is 2.00 bits per heavy atom. The summed E-state index contributed by atoms with van der Waals surface area (Å²) < 4.78 is 0. The molecule has 15 heavy (non-hydrogen) atoms. The van der Waals surface area contributed by atoms with E-state index in [1.807, 2.05) is 4.90 Å². The van der Waals surface area contributed by atoms with Crippen LogP contribution >= 0.6 is 0 Å². The average Bonchev–Trinajstić information content (AvgIpc) is 1.99.